The molecule has 0 fully saturated rings. The summed E-state index contributed by atoms with van der Waals surface area (Å²) in [7, 11) is 2.11. The molecule has 0 unspecified atom stereocenters. The zero-order valence-electron chi connectivity index (χ0n) is 15.3. The van der Waals surface area contributed by atoms with Gasteiger partial charge in [0.1, 0.15) is 0 Å². The number of hydrogen-bond acceptors (Lipinski definition) is 3. The molecule has 0 atom stereocenters. The predicted molar refractivity (Wildman–Crippen MR) is 105 cm³/mol. The van der Waals surface area contributed by atoms with E-state index in [4.69, 9.17) is 5.10 Å². The minimum absolute atomic E-state index is 0.821. The van der Waals surface area contributed by atoms with Crippen molar-refractivity contribution in [2.45, 2.75) is 19.6 Å². The molecule has 5 rings (SSSR count). The van der Waals surface area contributed by atoms with E-state index in [-0.39, 0.29) is 0 Å². The first-order valence-corrected chi connectivity index (χ1v) is 9.19. The fraction of sp³-hybridized carbons (Fsp3) is 0.182. The summed E-state index contributed by atoms with van der Waals surface area (Å²) in [5, 5.41) is 4.94. The van der Waals surface area contributed by atoms with E-state index in [1.54, 1.807) is 0 Å². The number of benzene rings is 1. The molecule has 1 aliphatic rings. The van der Waals surface area contributed by atoms with Crippen LogP contribution in [0.2, 0.25) is 0 Å². The molecule has 0 saturated carbocycles. The molecule has 4 heterocycles. The molecule has 0 amide bonds. The Balaban J connectivity index is 1.57. The van der Waals surface area contributed by atoms with E-state index in [1.165, 1.54) is 16.8 Å². The maximum atomic E-state index is 4.94. The summed E-state index contributed by atoms with van der Waals surface area (Å²) in [5.41, 5.74) is 7.03. The Morgan fingerprint density at radius 2 is 1.81 bits per heavy atom. The normalized spacial score (nSPS) is 13.8. The number of aromatic nitrogens is 4. The lowest BCUT2D eigenvalue weighted by Gasteiger charge is -2.20. The van der Waals surface area contributed by atoms with Crippen LogP contribution in [0.15, 0.2) is 73.2 Å². The topological polar surface area (TPSA) is 38.9 Å². The van der Waals surface area contributed by atoms with Crippen LogP contribution >= 0.6 is 0 Å². The minimum atomic E-state index is 0.821. The van der Waals surface area contributed by atoms with Gasteiger partial charge in [-0.05, 0) is 30.3 Å². The summed E-state index contributed by atoms with van der Waals surface area (Å²) in [6, 6.07) is 18.6. The summed E-state index contributed by atoms with van der Waals surface area (Å²) < 4.78 is 4.20. The van der Waals surface area contributed by atoms with Crippen molar-refractivity contribution < 1.29 is 0 Å². The molecular weight excluding hydrogens is 334 g/mol. The van der Waals surface area contributed by atoms with Crippen molar-refractivity contribution in [1.82, 2.24) is 24.2 Å². The van der Waals surface area contributed by atoms with Crippen LogP contribution in [0.5, 0.6) is 0 Å². The monoisotopic (exact) mass is 355 g/mol. The minimum Gasteiger partial charge on any atom is -0.353 e. The van der Waals surface area contributed by atoms with Crippen LogP contribution in [0.25, 0.3) is 16.9 Å². The maximum Gasteiger partial charge on any atom is 0.0991 e. The number of aryl methyl sites for hydroxylation is 1. The van der Waals surface area contributed by atoms with Crippen LogP contribution in [-0.2, 0) is 26.7 Å². The first-order valence-electron chi connectivity index (χ1n) is 9.19. The van der Waals surface area contributed by atoms with Crippen molar-refractivity contribution in [2.24, 2.45) is 7.05 Å². The number of fused-ring (bicyclic) bond motifs is 3. The first kappa shape index (κ1) is 16.0. The molecule has 134 valence electrons. The van der Waals surface area contributed by atoms with Gasteiger partial charge in [-0.1, -0.05) is 24.3 Å². The van der Waals surface area contributed by atoms with Crippen LogP contribution in [0, 0.1) is 0 Å². The molecule has 3 aromatic heterocycles. The standard InChI is InChI=1S/C22H21N5/c1-25-12-10-20-21(25)16-26(15-18-7-5-6-11-23-18)13-17-14-27(24-22(17)20)19-8-3-2-4-9-19/h2-12,14H,13,15-16H2,1H3. The molecule has 0 saturated heterocycles. The molecule has 0 spiro atoms. The molecule has 0 radical (unpaired) electrons. The van der Waals surface area contributed by atoms with Crippen LogP contribution in [0.4, 0.5) is 0 Å². The molecule has 1 aromatic carbocycles. The predicted octanol–water partition coefficient (Wildman–Crippen LogP) is 3.79. The third-order valence-corrected chi connectivity index (χ3v) is 5.15. The Morgan fingerprint density at radius 1 is 0.963 bits per heavy atom. The van der Waals surface area contributed by atoms with E-state index in [0.717, 1.165) is 36.7 Å². The van der Waals surface area contributed by atoms with Crippen LogP contribution in [-0.4, -0.2) is 24.2 Å². The second-order valence-electron chi connectivity index (χ2n) is 7.04. The van der Waals surface area contributed by atoms with Gasteiger partial charge in [-0.15, -0.1) is 0 Å². The van der Waals surface area contributed by atoms with Gasteiger partial charge in [0.25, 0.3) is 0 Å². The van der Waals surface area contributed by atoms with E-state index >= 15 is 0 Å². The zero-order valence-corrected chi connectivity index (χ0v) is 15.3. The van der Waals surface area contributed by atoms with Crippen molar-refractivity contribution in [3.63, 3.8) is 0 Å². The van der Waals surface area contributed by atoms with Gasteiger partial charge in [-0.25, -0.2) is 4.68 Å². The van der Waals surface area contributed by atoms with Gasteiger partial charge in [0.05, 0.1) is 17.1 Å². The Morgan fingerprint density at radius 3 is 2.63 bits per heavy atom. The highest BCUT2D eigenvalue weighted by Crippen LogP contribution is 2.33. The van der Waals surface area contributed by atoms with Crippen LogP contribution < -0.4 is 0 Å². The fourth-order valence-corrected chi connectivity index (χ4v) is 3.78. The molecule has 0 bridgehead atoms. The molecule has 5 nitrogen and oxygen atoms in total. The van der Waals surface area contributed by atoms with Gasteiger partial charge in [-0.2, -0.15) is 5.10 Å². The summed E-state index contributed by atoms with van der Waals surface area (Å²) in [4.78, 5) is 6.94. The zero-order chi connectivity index (χ0) is 18.2. The highest BCUT2D eigenvalue weighted by Gasteiger charge is 2.25. The smallest absolute Gasteiger partial charge is 0.0991 e. The van der Waals surface area contributed by atoms with E-state index in [1.807, 2.05) is 41.2 Å². The van der Waals surface area contributed by atoms with Gasteiger partial charge in [0, 0.05) is 62.1 Å². The third kappa shape index (κ3) is 2.96. The molecule has 5 heteroatoms. The van der Waals surface area contributed by atoms with Crippen molar-refractivity contribution in [2.75, 3.05) is 0 Å². The number of hydrogen-bond donors (Lipinski definition) is 0. The molecule has 27 heavy (non-hydrogen) atoms. The van der Waals surface area contributed by atoms with Crippen molar-refractivity contribution in [1.29, 1.82) is 0 Å². The Kier molecular flexibility index (Phi) is 3.87. The van der Waals surface area contributed by atoms with Crippen molar-refractivity contribution in [3.8, 4) is 16.9 Å². The summed E-state index contributed by atoms with van der Waals surface area (Å²) >= 11 is 0. The van der Waals surface area contributed by atoms with Crippen molar-refractivity contribution >= 4 is 0 Å². The number of nitrogens with zero attached hydrogens (tertiary/aromatic N) is 5. The molecule has 0 N–H and O–H groups in total. The SMILES string of the molecule is Cn1ccc2c1CN(Cc1ccccn1)Cc1cn(-c3ccccc3)nc1-2. The molecule has 1 aliphatic heterocycles. The highest BCUT2D eigenvalue weighted by molar-refractivity contribution is 5.67. The van der Waals surface area contributed by atoms with E-state index in [9.17, 15) is 0 Å². The number of rotatable bonds is 3. The third-order valence-electron chi connectivity index (χ3n) is 5.15. The summed E-state index contributed by atoms with van der Waals surface area (Å²) in [6.45, 7) is 2.56. The van der Waals surface area contributed by atoms with E-state index < -0.39 is 0 Å². The molecule has 4 aromatic rings. The quantitative estimate of drug-likeness (QED) is 0.561. The lowest BCUT2D eigenvalue weighted by atomic mass is 10.1. The van der Waals surface area contributed by atoms with Crippen molar-refractivity contribution in [3.05, 3.63) is 90.1 Å². The lowest BCUT2D eigenvalue weighted by molar-refractivity contribution is 0.242. The van der Waals surface area contributed by atoms with Gasteiger partial charge in [-0.3, -0.25) is 9.88 Å². The first-order chi connectivity index (χ1) is 13.3. The summed E-state index contributed by atoms with van der Waals surface area (Å²) in [6.07, 6.45) is 6.15. The van der Waals surface area contributed by atoms with E-state index in [0.29, 0.717) is 0 Å². The maximum absolute atomic E-state index is 4.94. The Hall–Kier alpha value is -3.18. The second-order valence-corrected chi connectivity index (χ2v) is 7.04. The van der Waals surface area contributed by atoms with Gasteiger partial charge < -0.3 is 4.57 Å². The second kappa shape index (κ2) is 6.52. The summed E-state index contributed by atoms with van der Waals surface area (Å²) in [5.74, 6) is 0. The number of para-hydroxylation sites is 1. The van der Waals surface area contributed by atoms with Crippen LogP contribution in [0.3, 0.4) is 0 Å². The van der Waals surface area contributed by atoms with Gasteiger partial charge >= 0.3 is 0 Å². The fourth-order valence-electron chi connectivity index (χ4n) is 3.78. The highest BCUT2D eigenvalue weighted by atomic mass is 15.3. The largest absolute Gasteiger partial charge is 0.353 e. The average Bonchev–Trinajstić information content (AvgIpc) is 3.24. The van der Waals surface area contributed by atoms with Gasteiger partial charge in [0.2, 0.25) is 0 Å². The Labute approximate surface area is 158 Å². The molecular formula is C22H21N5. The lowest BCUT2D eigenvalue weighted by Crippen LogP contribution is -2.23. The van der Waals surface area contributed by atoms with Crippen LogP contribution in [0.1, 0.15) is 17.0 Å². The Bertz CT molecular complexity index is 1060. The average molecular weight is 355 g/mol. The van der Waals surface area contributed by atoms with E-state index in [2.05, 4.69) is 58.2 Å². The van der Waals surface area contributed by atoms with Gasteiger partial charge in [0.15, 0.2) is 0 Å². The number of pyridine rings is 1. The molecule has 0 aliphatic carbocycles.